The van der Waals surface area contributed by atoms with Crippen LogP contribution in [0.25, 0.3) is 5.57 Å². The zero-order chi connectivity index (χ0) is 18.1. The average molecular weight is 414 g/mol. The molecule has 4 nitrogen and oxygen atoms in total. The fraction of sp³-hybridized carbons (Fsp3) is 0.286. The van der Waals surface area contributed by atoms with Gasteiger partial charge >= 0.3 is 6.09 Å². The second kappa shape index (κ2) is 7.16. The van der Waals surface area contributed by atoms with E-state index in [0.717, 1.165) is 33.3 Å². The maximum absolute atomic E-state index is 12.5. The van der Waals surface area contributed by atoms with Crippen LogP contribution in [0.4, 0.5) is 4.79 Å². The highest BCUT2D eigenvalue weighted by Crippen LogP contribution is 2.42. The Morgan fingerprint density at radius 1 is 1.27 bits per heavy atom. The topological polar surface area (TPSA) is 38.8 Å². The molecule has 1 amide bonds. The molecule has 0 radical (unpaired) electrons. The van der Waals surface area contributed by atoms with Crippen molar-refractivity contribution in [1.29, 1.82) is 0 Å². The standard InChI is InChI=1S/C21H20BrNO3/c1-14-17-11-16(22)7-8-19(17)26-20-9-10-23(12-18(14)20)21(24)25-13-15-5-3-2-4-6-15/h2-8,11,18,20H,1,9-10,12-13H2/t18-,20+/m1/s1. The van der Waals surface area contributed by atoms with Gasteiger partial charge in [0.05, 0.1) is 0 Å². The van der Waals surface area contributed by atoms with Crippen molar-refractivity contribution in [2.75, 3.05) is 13.1 Å². The summed E-state index contributed by atoms with van der Waals surface area (Å²) < 4.78 is 12.6. The van der Waals surface area contributed by atoms with E-state index in [0.29, 0.717) is 13.1 Å². The largest absolute Gasteiger partial charge is 0.489 e. The van der Waals surface area contributed by atoms with Gasteiger partial charge < -0.3 is 14.4 Å². The number of fused-ring (bicyclic) bond motifs is 2. The summed E-state index contributed by atoms with van der Waals surface area (Å²) in [5.74, 6) is 0.967. The third kappa shape index (κ3) is 3.36. The summed E-state index contributed by atoms with van der Waals surface area (Å²) in [6.45, 7) is 5.78. The van der Waals surface area contributed by atoms with E-state index in [4.69, 9.17) is 9.47 Å². The Balaban J connectivity index is 1.43. The normalized spacial score (nSPS) is 21.4. The van der Waals surface area contributed by atoms with Gasteiger partial charge in [-0.3, -0.25) is 0 Å². The number of hydrogen-bond donors (Lipinski definition) is 0. The van der Waals surface area contributed by atoms with Crippen LogP contribution in [0.15, 0.2) is 59.6 Å². The summed E-state index contributed by atoms with van der Waals surface area (Å²) in [6, 6.07) is 15.7. The Morgan fingerprint density at radius 2 is 2.08 bits per heavy atom. The molecule has 2 aliphatic rings. The van der Waals surface area contributed by atoms with Crippen LogP contribution in [-0.4, -0.2) is 30.2 Å². The highest BCUT2D eigenvalue weighted by Gasteiger charge is 2.39. The second-order valence-corrected chi connectivity index (χ2v) is 7.62. The molecule has 1 fully saturated rings. The molecule has 1 saturated heterocycles. The lowest BCUT2D eigenvalue weighted by Gasteiger charge is -2.42. The highest BCUT2D eigenvalue weighted by molar-refractivity contribution is 9.10. The van der Waals surface area contributed by atoms with Crippen LogP contribution in [0.1, 0.15) is 17.5 Å². The molecule has 0 bridgehead atoms. The van der Waals surface area contributed by atoms with Gasteiger partial charge in [0.2, 0.25) is 0 Å². The number of nitrogens with zero attached hydrogens (tertiary/aromatic N) is 1. The van der Waals surface area contributed by atoms with Gasteiger partial charge in [-0.1, -0.05) is 52.8 Å². The number of rotatable bonds is 2. The Labute approximate surface area is 161 Å². The third-order valence-corrected chi connectivity index (χ3v) is 5.52. The van der Waals surface area contributed by atoms with Crippen molar-refractivity contribution in [1.82, 2.24) is 4.90 Å². The number of halogens is 1. The Bertz CT molecular complexity index is 836. The van der Waals surface area contributed by atoms with E-state index in [1.165, 1.54) is 0 Å². The number of carbonyl (C=O) groups is 1. The number of amides is 1. The lowest BCUT2D eigenvalue weighted by molar-refractivity contribution is 0.0430. The molecule has 0 saturated carbocycles. The van der Waals surface area contributed by atoms with Crippen molar-refractivity contribution in [3.8, 4) is 5.75 Å². The fourth-order valence-electron chi connectivity index (χ4n) is 3.60. The van der Waals surface area contributed by atoms with Crippen molar-refractivity contribution in [2.24, 2.45) is 5.92 Å². The number of hydrogen-bond acceptors (Lipinski definition) is 3. The van der Waals surface area contributed by atoms with E-state index in [9.17, 15) is 4.79 Å². The van der Waals surface area contributed by atoms with Crippen molar-refractivity contribution >= 4 is 27.6 Å². The minimum absolute atomic E-state index is 0.0642. The average Bonchev–Trinajstić information content (AvgIpc) is 2.67. The van der Waals surface area contributed by atoms with E-state index in [-0.39, 0.29) is 24.7 Å². The SMILES string of the molecule is C=C1c2cc(Br)ccc2O[C@H]2CCN(C(=O)OCc3ccccc3)C[C@H]12. The van der Waals surface area contributed by atoms with Gasteiger partial charge in [0.15, 0.2) is 0 Å². The molecule has 2 aliphatic heterocycles. The van der Waals surface area contributed by atoms with Crippen LogP contribution in [0, 0.1) is 5.92 Å². The monoisotopic (exact) mass is 413 g/mol. The zero-order valence-corrected chi connectivity index (χ0v) is 15.9. The molecule has 0 aromatic heterocycles. The summed E-state index contributed by atoms with van der Waals surface area (Å²) in [5, 5.41) is 0. The molecule has 2 heterocycles. The summed E-state index contributed by atoms with van der Waals surface area (Å²) in [4.78, 5) is 14.2. The van der Waals surface area contributed by atoms with Crippen LogP contribution in [-0.2, 0) is 11.3 Å². The van der Waals surface area contributed by atoms with E-state index >= 15 is 0 Å². The van der Waals surface area contributed by atoms with E-state index in [1.807, 2.05) is 48.5 Å². The second-order valence-electron chi connectivity index (χ2n) is 6.70. The lowest BCUT2D eigenvalue weighted by Crippen LogP contribution is -2.49. The summed E-state index contributed by atoms with van der Waals surface area (Å²) >= 11 is 3.50. The van der Waals surface area contributed by atoms with E-state index in [2.05, 4.69) is 22.5 Å². The van der Waals surface area contributed by atoms with E-state index < -0.39 is 0 Å². The van der Waals surface area contributed by atoms with Gasteiger partial charge in [-0.2, -0.15) is 0 Å². The molecule has 0 spiro atoms. The molecular formula is C21H20BrNO3. The predicted molar refractivity (Wildman–Crippen MR) is 104 cm³/mol. The summed E-state index contributed by atoms with van der Waals surface area (Å²) in [5.41, 5.74) is 3.03. The Kier molecular flexibility index (Phi) is 4.72. The number of likely N-dealkylation sites (tertiary alicyclic amines) is 1. The number of piperidine rings is 1. The molecule has 2 aromatic rings. The fourth-order valence-corrected chi connectivity index (χ4v) is 3.96. The molecular weight excluding hydrogens is 394 g/mol. The molecule has 2 aromatic carbocycles. The molecule has 134 valence electrons. The minimum atomic E-state index is -0.278. The number of ether oxygens (including phenoxy) is 2. The molecule has 5 heteroatoms. The van der Waals surface area contributed by atoms with Gasteiger partial charge in [-0.15, -0.1) is 0 Å². The van der Waals surface area contributed by atoms with E-state index in [1.54, 1.807) is 4.90 Å². The first kappa shape index (κ1) is 17.2. The van der Waals surface area contributed by atoms with Crippen molar-refractivity contribution < 1.29 is 14.3 Å². The van der Waals surface area contributed by atoms with Crippen LogP contribution in [0.3, 0.4) is 0 Å². The van der Waals surface area contributed by atoms with Gasteiger partial charge in [-0.25, -0.2) is 4.79 Å². The first-order chi connectivity index (χ1) is 12.6. The molecule has 26 heavy (non-hydrogen) atoms. The Hall–Kier alpha value is -2.27. The van der Waals surface area contributed by atoms with Gasteiger partial charge in [0, 0.05) is 35.5 Å². The van der Waals surface area contributed by atoms with Gasteiger partial charge in [0.25, 0.3) is 0 Å². The molecule has 4 rings (SSSR count). The van der Waals surface area contributed by atoms with Crippen LogP contribution < -0.4 is 4.74 Å². The first-order valence-electron chi connectivity index (χ1n) is 8.73. The minimum Gasteiger partial charge on any atom is -0.489 e. The Morgan fingerprint density at radius 3 is 2.88 bits per heavy atom. The van der Waals surface area contributed by atoms with Crippen molar-refractivity contribution in [3.63, 3.8) is 0 Å². The first-order valence-corrected chi connectivity index (χ1v) is 9.52. The molecule has 0 unspecified atom stereocenters. The smallest absolute Gasteiger partial charge is 0.410 e. The zero-order valence-electron chi connectivity index (χ0n) is 14.4. The predicted octanol–water partition coefficient (Wildman–Crippen LogP) is 4.88. The van der Waals surface area contributed by atoms with Crippen LogP contribution in [0.2, 0.25) is 0 Å². The third-order valence-electron chi connectivity index (χ3n) is 5.03. The summed E-state index contributed by atoms with van der Waals surface area (Å²) in [7, 11) is 0. The van der Waals surface area contributed by atoms with Crippen LogP contribution in [0.5, 0.6) is 5.75 Å². The molecule has 0 aliphatic carbocycles. The number of benzene rings is 2. The lowest BCUT2D eigenvalue weighted by atomic mass is 9.82. The van der Waals surface area contributed by atoms with Gasteiger partial charge in [0.1, 0.15) is 18.5 Å². The summed E-state index contributed by atoms with van der Waals surface area (Å²) in [6.07, 6.45) is 0.564. The molecule has 0 N–H and O–H groups in total. The highest BCUT2D eigenvalue weighted by atomic mass is 79.9. The van der Waals surface area contributed by atoms with Gasteiger partial charge in [-0.05, 0) is 29.3 Å². The molecule has 2 atom stereocenters. The maximum Gasteiger partial charge on any atom is 0.410 e. The van der Waals surface area contributed by atoms with Crippen molar-refractivity contribution in [2.45, 2.75) is 19.1 Å². The quantitative estimate of drug-likeness (QED) is 0.703. The van der Waals surface area contributed by atoms with Crippen molar-refractivity contribution in [3.05, 3.63) is 70.7 Å². The maximum atomic E-state index is 12.5. The van der Waals surface area contributed by atoms with Crippen LogP contribution >= 0.6 is 15.9 Å². The number of carbonyl (C=O) groups excluding carboxylic acids is 1.